The maximum absolute atomic E-state index is 11.8. The number of H-pyrrole nitrogens is 1. The second-order valence-corrected chi connectivity index (χ2v) is 5.17. The van der Waals surface area contributed by atoms with Crippen LogP contribution in [0.3, 0.4) is 0 Å². The number of aromatic amines is 1. The van der Waals surface area contributed by atoms with Crippen LogP contribution >= 0.6 is 0 Å². The number of hydrogen-bond acceptors (Lipinski definition) is 2. The molecular weight excluding hydrogens is 236 g/mol. The average molecular weight is 254 g/mol. The van der Waals surface area contributed by atoms with Gasteiger partial charge in [-0.15, -0.1) is 0 Å². The molecule has 1 aliphatic rings. The average Bonchev–Trinajstić information content (AvgIpc) is 2.37. The van der Waals surface area contributed by atoms with Crippen molar-refractivity contribution >= 4 is 0 Å². The van der Waals surface area contributed by atoms with Crippen LogP contribution in [0.25, 0.3) is 11.3 Å². The standard InChI is InChI=1S/C16H18N2O/c1-2-14-15(17-10-18-16(14)19)13-8-4-7-12(9-13)11-5-3-6-11/h4,7-11H,2-3,5-6H2,1H3,(H,17,18,19). The normalized spacial score (nSPS) is 15.2. The molecule has 0 saturated heterocycles. The second kappa shape index (κ2) is 5.00. The van der Waals surface area contributed by atoms with Gasteiger partial charge in [0.15, 0.2) is 0 Å². The van der Waals surface area contributed by atoms with E-state index in [0.717, 1.165) is 16.8 Å². The van der Waals surface area contributed by atoms with Crippen LogP contribution in [-0.4, -0.2) is 9.97 Å². The molecule has 1 N–H and O–H groups in total. The van der Waals surface area contributed by atoms with Crippen molar-refractivity contribution in [3.05, 3.63) is 52.1 Å². The van der Waals surface area contributed by atoms with E-state index in [9.17, 15) is 4.79 Å². The molecule has 0 radical (unpaired) electrons. The van der Waals surface area contributed by atoms with E-state index in [-0.39, 0.29) is 5.56 Å². The zero-order valence-corrected chi connectivity index (χ0v) is 11.1. The lowest BCUT2D eigenvalue weighted by atomic mass is 9.79. The van der Waals surface area contributed by atoms with Crippen molar-refractivity contribution in [2.24, 2.45) is 0 Å². The predicted octanol–water partition coefficient (Wildman–Crippen LogP) is 3.27. The van der Waals surface area contributed by atoms with E-state index in [2.05, 4.69) is 28.2 Å². The lowest BCUT2D eigenvalue weighted by molar-refractivity contribution is 0.420. The third kappa shape index (κ3) is 2.21. The minimum Gasteiger partial charge on any atom is -0.313 e. The molecular formula is C16H18N2O. The highest BCUT2D eigenvalue weighted by molar-refractivity contribution is 5.63. The molecule has 1 aromatic heterocycles. The fraction of sp³-hybridized carbons (Fsp3) is 0.375. The Kier molecular flexibility index (Phi) is 3.20. The maximum atomic E-state index is 11.8. The summed E-state index contributed by atoms with van der Waals surface area (Å²) in [6.07, 6.45) is 6.09. The zero-order chi connectivity index (χ0) is 13.2. The summed E-state index contributed by atoms with van der Waals surface area (Å²) < 4.78 is 0. The van der Waals surface area contributed by atoms with Crippen molar-refractivity contribution in [2.45, 2.75) is 38.5 Å². The van der Waals surface area contributed by atoms with Crippen molar-refractivity contribution in [2.75, 3.05) is 0 Å². The van der Waals surface area contributed by atoms with E-state index in [0.29, 0.717) is 12.3 Å². The van der Waals surface area contributed by atoms with Crippen LogP contribution in [0.5, 0.6) is 0 Å². The first-order chi connectivity index (χ1) is 9.29. The summed E-state index contributed by atoms with van der Waals surface area (Å²) in [6, 6.07) is 8.51. The number of hydrogen-bond donors (Lipinski definition) is 1. The van der Waals surface area contributed by atoms with Crippen molar-refractivity contribution < 1.29 is 0 Å². The fourth-order valence-electron chi connectivity index (χ4n) is 2.69. The Morgan fingerprint density at radius 1 is 1.37 bits per heavy atom. The summed E-state index contributed by atoms with van der Waals surface area (Å²) in [7, 11) is 0. The van der Waals surface area contributed by atoms with E-state index in [1.165, 1.54) is 31.2 Å². The molecule has 3 heteroatoms. The van der Waals surface area contributed by atoms with Gasteiger partial charge >= 0.3 is 0 Å². The summed E-state index contributed by atoms with van der Waals surface area (Å²) in [4.78, 5) is 18.9. The van der Waals surface area contributed by atoms with Crippen LogP contribution in [0, 0.1) is 0 Å². The molecule has 1 aliphatic carbocycles. The maximum Gasteiger partial charge on any atom is 0.254 e. The molecule has 0 spiro atoms. The highest BCUT2D eigenvalue weighted by atomic mass is 16.1. The molecule has 19 heavy (non-hydrogen) atoms. The van der Waals surface area contributed by atoms with Crippen LogP contribution in [0.4, 0.5) is 0 Å². The summed E-state index contributed by atoms with van der Waals surface area (Å²) in [5, 5.41) is 0. The molecule has 1 fully saturated rings. The van der Waals surface area contributed by atoms with Crippen molar-refractivity contribution in [3.8, 4) is 11.3 Å². The Balaban J connectivity index is 2.06. The lowest BCUT2D eigenvalue weighted by Crippen LogP contribution is -2.14. The molecule has 1 heterocycles. The monoisotopic (exact) mass is 254 g/mol. The third-order valence-corrected chi connectivity index (χ3v) is 4.04. The van der Waals surface area contributed by atoms with Crippen molar-refractivity contribution in [1.29, 1.82) is 0 Å². The van der Waals surface area contributed by atoms with Crippen LogP contribution < -0.4 is 5.56 Å². The predicted molar refractivity (Wildman–Crippen MR) is 76.3 cm³/mol. The smallest absolute Gasteiger partial charge is 0.254 e. The van der Waals surface area contributed by atoms with E-state index in [1.807, 2.05) is 13.0 Å². The Labute approximate surface area is 112 Å². The van der Waals surface area contributed by atoms with Gasteiger partial charge in [0.2, 0.25) is 0 Å². The number of rotatable bonds is 3. The van der Waals surface area contributed by atoms with Crippen molar-refractivity contribution in [1.82, 2.24) is 9.97 Å². The summed E-state index contributed by atoms with van der Waals surface area (Å²) in [5.74, 6) is 0.701. The number of benzene rings is 1. The number of nitrogens with one attached hydrogen (secondary N) is 1. The van der Waals surface area contributed by atoms with E-state index in [4.69, 9.17) is 0 Å². The highest BCUT2D eigenvalue weighted by Crippen LogP contribution is 2.37. The quantitative estimate of drug-likeness (QED) is 0.913. The molecule has 1 saturated carbocycles. The van der Waals surface area contributed by atoms with Crippen molar-refractivity contribution in [3.63, 3.8) is 0 Å². The van der Waals surface area contributed by atoms with Gasteiger partial charge in [0.05, 0.1) is 12.0 Å². The van der Waals surface area contributed by atoms with Crippen LogP contribution in [0.15, 0.2) is 35.4 Å². The zero-order valence-electron chi connectivity index (χ0n) is 11.1. The van der Waals surface area contributed by atoms with Gasteiger partial charge in [-0.05, 0) is 36.8 Å². The molecule has 1 aromatic carbocycles. The van der Waals surface area contributed by atoms with Gasteiger partial charge in [-0.3, -0.25) is 4.79 Å². The Hall–Kier alpha value is -1.90. The molecule has 0 unspecified atom stereocenters. The topological polar surface area (TPSA) is 45.8 Å². The minimum atomic E-state index is -0.0263. The van der Waals surface area contributed by atoms with Crippen LogP contribution in [0.1, 0.15) is 43.2 Å². The first kappa shape index (κ1) is 12.2. The molecule has 0 atom stereocenters. The van der Waals surface area contributed by atoms with Crippen LogP contribution in [0.2, 0.25) is 0 Å². The van der Waals surface area contributed by atoms with E-state index >= 15 is 0 Å². The molecule has 2 aromatic rings. The van der Waals surface area contributed by atoms with E-state index in [1.54, 1.807) is 0 Å². The first-order valence-corrected chi connectivity index (χ1v) is 6.96. The van der Waals surface area contributed by atoms with Gasteiger partial charge in [0.1, 0.15) is 0 Å². The largest absolute Gasteiger partial charge is 0.313 e. The summed E-state index contributed by atoms with van der Waals surface area (Å²) >= 11 is 0. The molecule has 0 bridgehead atoms. The molecule has 0 amide bonds. The van der Waals surface area contributed by atoms with Gasteiger partial charge < -0.3 is 4.98 Å². The summed E-state index contributed by atoms with van der Waals surface area (Å²) in [6.45, 7) is 1.99. The molecule has 98 valence electrons. The lowest BCUT2D eigenvalue weighted by Gasteiger charge is -2.26. The van der Waals surface area contributed by atoms with Gasteiger partial charge in [-0.2, -0.15) is 0 Å². The minimum absolute atomic E-state index is 0.0263. The number of nitrogens with zero attached hydrogens (tertiary/aromatic N) is 1. The SMILES string of the molecule is CCc1c(-c2cccc(C3CCC3)c2)nc[nH]c1=O. The molecule has 3 rings (SSSR count). The van der Waals surface area contributed by atoms with Gasteiger partial charge in [0, 0.05) is 11.1 Å². The second-order valence-electron chi connectivity index (χ2n) is 5.17. The first-order valence-electron chi connectivity index (χ1n) is 6.96. The highest BCUT2D eigenvalue weighted by Gasteiger charge is 2.20. The molecule has 0 aliphatic heterocycles. The summed E-state index contributed by atoms with van der Waals surface area (Å²) in [5.41, 5.74) is 4.02. The Morgan fingerprint density at radius 2 is 2.21 bits per heavy atom. The van der Waals surface area contributed by atoms with Gasteiger partial charge in [-0.1, -0.05) is 31.5 Å². The number of aromatic nitrogens is 2. The molecule has 3 nitrogen and oxygen atoms in total. The van der Waals surface area contributed by atoms with Crippen LogP contribution in [-0.2, 0) is 6.42 Å². The van der Waals surface area contributed by atoms with E-state index < -0.39 is 0 Å². The van der Waals surface area contributed by atoms with Gasteiger partial charge in [0.25, 0.3) is 5.56 Å². The Bertz CT molecular complexity index is 641. The fourth-order valence-corrected chi connectivity index (χ4v) is 2.69. The van der Waals surface area contributed by atoms with Gasteiger partial charge in [-0.25, -0.2) is 4.98 Å². The third-order valence-electron chi connectivity index (χ3n) is 4.04. The Morgan fingerprint density at radius 3 is 2.89 bits per heavy atom.